The monoisotopic (exact) mass is 284 g/mol. The predicted molar refractivity (Wildman–Crippen MR) is 60.0 cm³/mol. The molecule has 0 unspecified atom stereocenters. The second-order valence-corrected chi connectivity index (χ2v) is 4.17. The van der Waals surface area contributed by atoms with Crippen molar-refractivity contribution in [3.05, 3.63) is 21.7 Å². The molecule has 0 saturated carbocycles. The van der Waals surface area contributed by atoms with Crippen LogP contribution in [0.15, 0.2) is 10.5 Å². The highest BCUT2D eigenvalue weighted by atomic mass is 79.9. The van der Waals surface area contributed by atoms with E-state index >= 15 is 0 Å². The molecule has 2 rings (SSSR count). The van der Waals surface area contributed by atoms with Gasteiger partial charge in [0.25, 0.3) is 0 Å². The van der Waals surface area contributed by atoms with Gasteiger partial charge < -0.3 is 14.3 Å². The third-order valence-corrected chi connectivity index (χ3v) is 3.07. The SMILES string of the molecule is O=CCCc1c(Br)cc(C=O)c2c1OCO2. The Kier molecular flexibility index (Phi) is 3.24. The van der Waals surface area contributed by atoms with Gasteiger partial charge in [-0.25, -0.2) is 0 Å². The van der Waals surface area contributed by atoms with Crippen molar-refractivity contribution in [1.82, 2.24) is 0 Å². The third-order valence-electron chi connectivity index (χ3n) is 2.36. The zero-order chi connectivity index (χ0) is 11.5. The van der Waals surface area contributed by atoms with Crippen LogP contribution >= 0.6 is 15.9 Å². The van der Waals surface area contributed by atoms with E-state index in [1.165, 1.54) is 0 Å². The Morgan fingerprint density at radius 1 is 1.31 bits per heavy atom. The largest absolute Gasteiger partial charge is 0.453 e. The summed E-state index contributed by atoms with van der Waals surface area (Å²) < 4.78 is 11.3. The Hall–Kier alpha value is -1.36. The first-order valence-corrected chi connectivity index (χ1v) is 5.57. The van der Waals surface area contributed by atoms with Gasteiger partial charge in [-0.1, -0.05) is 15.9 Å². The minimum Gasteiger partial charge on any atom is -0.453 e. The molecule has 16 heavy (non-hydrogen) atoms. The molecule has 0 N–H and O–H groups in total. The second-order valence-electron chi connectivity index (χ2n) is 3.31. The molecule has 0 amide bonds. The topological polar surface area (TPSA) is 52.6 Å². The lowest BCUT2D eigenvalue weighted by atomic mass is 10.1. The number of benzene rings is 1. The summed E-state index contributed by atoms with van der Waals surface area (Å²) in [5, 5.41) is 0. The normalized spacial score (nSPS) is 12.6. The van der Waals surface area contributed by atoms with Crippen LogP contribution in [0.5, 0.6) is 11.5 Å². The summed E-state index contributed by atoms with van der Waals surface area (Å²) in [6, 6.07) is 1.68. The van der Waals surface area contributed by atoms with Crippen molar-refractivity contribution in [3.8, 4) is 11.5 Å². The zero-order valence-corrected chi connectivity index (χ0v) is 9.95. The molecule has 1 aromatic rings. The van der Waals surface area contributed by atoms with Crippen LogP contribution < -0.4 is 9.47 Å². The maximum Gasteiger partial charge on any atom is 0.231 e. The molecule has 0 radical (unpaired) electrons. The number of rotatable bonds is 4. The summed E-state index contributed by atoms with van der Waals surface area (Å²) in [6.07, 6.45) is 2.55. The Labute approximate surface area is 101 Å². The maximum absolute atomic E-state index is 10.8. The van der Waals surface area contributed by atoms with Crippen molar-refractivity contribution in [2.24, 2.45) is 0 Å². The van der Waals surface area contributed by atoms with E-state index in [9.17, 15) is 9.59 Å². The highest BCUT2D eigenvalue weighted by molar-refractivity contribution is 9.10. The number of ether oxygens (including phenoxy) is 2. The second kappa shape index (κ2) is 4.65. The van der Waals surface area contributed by atoms with Gasteiger partial charge in [0, 0.05) is 16.5 Å². The van der Waals surface area contributed by atoms with Gasteiger partial charge in [0.1, 0.15) is 6.29 Å². The van der Waals surface area contributed by atoms with Gasteiger partial charge >= 0.3 is 0 Å². The molecule has 0 fully saturated rings. The molecule has 0 bridgehead atoms. The van der Waals surface area contributed by atoms with E-state index < -0.39 is 0 Å². The third kappa shape index (κ3) is 1.82. The molecular formula is C11H9BrO4. The Bertz CT molecular complexity index is 442. The standard InChI is InChI=1S/C11H9BrO4/c12-9-4-7(5-14)10-11(16-6-15-10)8(9)2-1-3-13/h3-5H,1-2,6H2. The summed E-state index contributed by atoms with van der Waals surface area (Å²) in [4.78, 5) is 21.2. The van der Waals surface area contributed by atoms with Gasteiger partial charge in [0.05, 0.1) is 5.56 Å². The Morgan fingerprint density at radius 2 is 2.06 bits per heavy atom. The highest BCUT2D eigenvalue weighted by Gasteiger charge is 2.23. The highest BCUT2D eigenvalue weighted by Crippen LogP contribution is 2.42. The van der Waals surface area contributed by atoms with Crippen LogP contribution in [0.2, 0.25) is 0 Å². The van der Waals surface area contributed by atoms with E-state index in [0.29, 0.717) is 29.9 Å². The zero-order valence-electron chi connectivity index (χ0n) is 8.36. The van der Waals surface area contributed by atoms with Gasteiger partial charge in [-0.2, -0.15) is 0 Å². The van der Waals surface area contributed by atoms with Crippen LogP contribution in [-0.4, -0.2) is 19.4 Å². The first kappa shape index (κ1) is 11.1. The Balaban J connectivity index is 2.49. The van der Waals surface area contributed by atoms with Gasteiger partial charge in [-0.3, -0.25) is 4.79 Å². The first-order valence-electron chi connectivity index (χ1n) is 4.77. The predicted octanol–water partition coefficient (Wildman–Crippen LogP) is 2.12. The number of hydrogen-bond acceptors (Lipinski definition) is 4. The summed E-state index contributed by atoms with van der Waals surface area (Å²) in [6.45, 7) is 0.112. The van der Waals surface area contributed by atoms with Crippen molar-refractivity contribution >= 4 is 28.5 Å². The number of carbonyl (C=O) groups is 2. The van der Waals surface area contributed by atoms with Crippen molar-refractivity contribution < 1.29 is 19.1 Å². The molecule has 1 aliphatic rings. The molecule has 5 heteroatoms. The molecule has 0 spiro atoms. The van der Waals surface area contributed by atoms with Gasteiger partial charge in [-0.15, -0.1) is 0 Å². The van der Waals surface area contributed by atoms with E-state index in [-0.39, 0.29) is 6.79 Å². The first-order chi connectivity index (χ1) is 7.77. The summed E-state index contributed by atoms with van der Waals surface area (Å²) in [5.41, 5.74) is 1.32. The summed E-state index contributed by atoms with van der Waals surface area (Å²) in [5.74, 6) is 1.04. The average Bonchev–Trinajstić information content (AvgIpc) is 2.76. The van der Waals surface area contributed by atoms with Crippen LogP contribution in [0.25, 0.3) is 0 Å². The molecule has 1 aliphatic heterocycles. The molecule has 0 saturated heterocycles. The molecule has 1 aromatic carbocycles. The lowest BCUT2D eigenvalue weighted by Gasteiger charge is -2.08. The van der Waals surface area contributed by atoms with Gasteiger partial charge in [0.2, 0.25) is 6.79 Å². The number of halogens is 1. The van der Waals surface area contributed by atoms with E-state index in [4.69, 9.17) is 9.47 Å². The maximum atomic E-state index is 10.8. The van der Waals surface area contributed by atoms with Crippen LogP contribution in [0.3, 0.4) is 0 Å². The fourth-order valence-corrected chi connectivity index (χ4v) is 2.26. The van der Waals surface area contributed by atoms with Crippen LogP contribution in [0.1, 0.15) is 22.3 Å². The fraction of sp³-hybridized carbons (Fsp3) is 0.273. The minimum absolute atomic E-state index is 0.112. The number of carbonyl (C=O) groups excluding carboxylic acids is 2. The number of aldehydes is 2. The molecule has 0 aromatic heterocycles. The van der Waals surface area contributed by atoms with Crippen LogP contribution in [0.4, 0.5) is 0 Å². The lowest BCUT2D eigenvalue weighted by Crippen LogP contribution is -1.95. The quantitative estimate of drug-likeness (QED) is 0.795. The average molecular weight is 285 g/mol. The summed E-state index contributed by atoms with van der Waals surface area (Å²) in [7, 11) is 0. The van der Waals surface area contributed by atoms with Crippen molar-refractivity contribution in [2.45, 2.75) is 12.8 Å². The van der Waals surface area contributed by atoms with Crippen LogP contribution in [-0.2, 0) is 11.2 Å². The van der Waals surface area contributed by atoms with E-state index in [2.05, 4.69) is 15.9 Å². The van der Waals surface area contributed by atoms with Crippen molar-refractivity contribution in [1.29, 1.82) is 0 Å². The van der Waals surface area contributed by atoms with Crippen LogP contribution in [0, 0.1) is 0 Å². The molecular weight excluding hydrogens is 276 g/mol. The van der Waals surface area contributed by atoms with E-state index in [1.807, 2.05) is 0 Å². The Morgan fingerprint density at radius 3 is 2.75 bits per heavy atom. The van der Waals surface area contributed by atoms with Gasteiger partial charge in [0.15, 0.2) is 17.8 Å². The smallest absolute Gasteiger partial charge is 0.231 e. The van der Waals surface area contributed by atoms with E-state index in [1.54, 1.807) is 6.07 Å². The molecule has 0 atom stereocenters. The number of hydrogen-bond donors (Lipinski definition) is 0. The fourth-order valence-electron chi connectivity index (χ4n) is 1.64. The molecule has 0 aliphatic carbocycles. The van der Waals surface area contributed by atoms with Crippen molar-refractivity contribution in [2.75, 3.05) is 6.79 Å². The van der Waals surface area contributed by atoms with E-state index in [0.717, 1.165) is 22.6 Å². The molecule has 84 valence electrons. The lowest BCUT2D eigenvalue weighted by molar-refractivity contribution is -0.107. The summed E-state index contributed by atoms with van der Waals surface area (Å²) >= 11 is 3.36. The van der Waals surface area contributed by atoms with Crippen molar-refractivity contribution in [3.63, 3.8) is 0 Å². The molecule has 4 nitrogen and oxygen atoms in total. The van der Waals surface area contributed by atoms with Gasteiger partial charge in [-0.05, 0) is 12.5 Å². The number of fused-ring (bicyclic) bond motifs is 1. The minimum atomic E-state index is 0.112. The molecule has 1 heterocycles.